The van der Waals surface area contributed by atoms with E-state index < -0.39 is 0 Å². The standard InChI is InChI=1S/C24H33FN6S/c1-18-8-4-7-15-31(18)22-16-21(30-13-5-2-3-6-14-30)27-23(28-22)29-24(32)26-17-19-9-11-20(25)12-10-19/h9-12,16,18H,2-8,13-15,17H2,1H3,(H2,26,27,28,29,32)/t18-/m1/s1. The third-order valence-electron chi connectivity index (χ3n) is 6.32. The number of benzene rings is 1. The Hall–Kier alpha value is -2.48. The second-order valence-electron chi connectivity index (χ2n) is 8.78. The van der Waals surface area contributed by atoms with Crippen LogP contribution in [0.5, 0.6) is 0 Å². The van der Waals surface area contributed by atoms with E-state index >= 15 is 0 Å². The second-order valence-corrected chi connectivity index (χ2v) is 9.19. The third-order valence-corrected chi connectivity index (χ3v) is 6.56. The topological polar surface area (TPSA) is 56.3 Å². The Kier molecular flexibility index (Phi) is 7.73. The van der Waals surface area contributed by atoms with E-state index in [1.807, 2.05) is 0 Å². The maximum absolute atomic E-state index is 13.1. The summed E-state index contributed by atoms with van der Waals surface area (Å²) in [6.07, 6.45) is 8.58. The third kappa shape index (κ3) is 6.06. The van der Waals surface area contributed by atoms with Gasteiger partial charge in [0.25, 0.3) is 0 Å². The van der Waals surface area contributed by atoms with Crippen molar-refractivity contribution in [3.05, 3.63) is 41.7 Å². The van der Waals surface area contributed by atoms with Gasteiger partial charge in [-0.25, -0.2) is 4.39 Å². The number of rotatable bonds is 5. The lowest BCUT2D eigenvalue weighted by Gasteiger charge is -2.35. The van der Waals surface area contributed by atoms with Crippen molar-refractivity contribution in [2.24, 2.45) is 0 Å². The molecule has 32 heavy (non-hydrogen) atoms. The lowest BCUT2D eigenvalue weighted by atomic mass is 10.0. The molecule has 1 aromatic carbocycles. The quantitative estimate of drug-likeness (QED) is 0.623. The number of halogens is 1. The molecule has 1 aromatic heterocycles. The Bertz CT molecular complexity index is 898. The SMILES string of the molecule is C[C@@H]1CCCCN1c1cc(N2CCCCCC2)nc(NC(=S)NCc2ccc(F)cc2)n1. The summed E-state index contributed by atoms with van der Waals surface area (Å²) < 4.78 is 13.1. The molecule has 0 spiro atoms. The molecule has 2 aromatic rings. The van der Waals surface area contributed by atoms with Gasteiger partial charge in [0.1, 0.15) is 17.5 Å². The number of nitrogens with one attached hydrogen (secondary N) is 2. The molecular weight excluding hydrogens is 423 g/mol. The van der Waals surface area contributed by atoms with Gasteiger partial charge in [-0.05, 0) is 68.9 Å². The maximum Gasteiger partial charge on any atom is 0.232 e. The predicted molar refractivity (Wildman–Crippen MR) is 133 cm³/mol. The van der Waals surface area contributed by atoms with E-state index in [2.05, 4.69) is 33.4 Å². The first kappa shape index (κ1) is 22.7. The highest BCUT2D eigenvalue weighted by molar-refractivity contribution is 7.80. The minimum atomic E-state index is -0.243. The molecule has 0 radical (unpaired) electrons. The van der Waals surface area contributed by atoms with E-state index in [1.54, 1.807) is 12.1 Å². The molecule has 1 atom stereocenters. The summed E-state index contributed by atoms with van der Waals surface area (Å²) >= 11 is 5.50. The van der Waals surface area contributed by atoms with Gasteiger partial charge in [0.2, 0.25) is 5.95 Å². The fourth-order valence-electron chi connectivity index (χ4n) is 4.46. The van der Waals surface area contributed by atoms with Crippen LogP contribution in [-0.2, 0) is 6.54 Å². The molecule has 2 N–H and O–H groups in total. The molecule has 0 saturated carbocycles. The van der Waals surface area contributed by atoms with Crippen molar-refractivity contribution in [1.82, 2.24) is 15.3 Å². The normalized spacial score (nSPS) is 19.4. The van der Waals surface area contributed by atoms with Gasteiger partial charge < -0.3 is 20.4 Å². The zero-order chi connectivity index (χ0) is 22.3. The van der Waals surface area contributed by atoms with Crippen LogP contribution < -0.4 is 20.4 Å². The van der Waals surface area contributed by atoms with Crippen molar-refractivity contribution in [2.75, 3.05) is 34.8 Å². The number of piperidine rings is 1. The Morgan fingerprint density at radius 3 is 2.41 bits per heavy atom. The largest absolute Gasteiger partial charge is 0.358 e. The molecule has 0 aliphatic carbocycles. The Morgan fingerprint density at radius 1 is 1.00 bits per heavy atom. The summed E-state index contributed by atoms with van der Waals surface area (Å²) in [6, 6.07) is 9.01. The van der Waals surface area contributed by atoms with Crippen molar-refractivity contribution in [1.29, 1.82) is 0 Å². The first-order valence-electron chi connectivity index (χ1n) is 11.8. The van der Waals surface area contributed by atoms with Gasteiger partial charge in [0.15, 0.2) is 5.11 Å². The van der Waals surface area contributed by atoms with Crippen LogP contribution in [-0.4, -0.2) is 40.8 Å². The van der Waals surface area contributed by atoms with Crippen molar-refractivity contribution >= 4 is 34.9 Å². The molecule has 3 heterocycles. The van der Waals surface area contributed by atoms with Gasteiger partial charge in [0.05, 0.1) is 0 Å². The molecule has 2 saturated heterocycles. The average molecular weight is 457 g/mol. The zero-order valence-corrected chi connectivity index (χ0v) is 19.6. The molecule has 6 nitrogen and oxygen atoms in total. The summed E-state index contributed by atoms with van der Waals surface area (Å²) in [5.41, 5.74) is 0.956. The molecule has 2 fully saturated rings. The van der Waals surface area contributed by atoms with Gasteiger partial charge in [-0.15, -0.1) is 0 Å². The van der Waals surface area contributed by atoms with Crippen LogP contribution in [0.3, 0.4) is 0 Å². The minimum Gasteiger partial charge on any atom is -0.358 e. The number of aromatic nitrogens is 2. The molecule has 0 bridgehead atoms. The summed E-state index contributed by atoms with van der Waals surface area (Å²) in [4.78, 5) is 14.4. The predicted octanol–water partition coefficient (Wildman–Crippen LogP) is 4.86. The molecule has 4 rings (SSSR count). The van der Waals surface area contributed by atoms with Gasteiger partial charge in [0, 0.05) is 38.3 Å². The van der Waals surface area contributed by atoms with Gasteiger partial charge in [-0.1, -0.05) is 25.0 Å². The first-order chi connectivity index (χ1) is 15.6. The molecule has 2 aliphatic heterocycles. The monoisotopic (exact) mass is 456 g/mol. The van der Waals surface area contributed by atoms with Crippen molar-refractivity contribution in [3.8, 4) is 0 Å². The van der Waals surface area contributed by atoms with Gasteiger partial charge in [-0.3, -0.25) is 0 Å². The number of hydrogen-bond donors (Lipinski definition) is 2. The highest BCUT2D eigenvalue weighted by atomic mass is 32.1. The summed E-state index contributed by atoms with van der Waals surface area (Å²) in [7, 11) is 0. The fourth-order valence-corrected chi connectivity index (χ4v) is 4.62. The summed E-state index contributed by atoms with van der Waals surface area (Å²) in [5, 5.41) is 6.82. The van der Waals surface area contributed by atoms with Crippen LogP contribution in [0.2, 0.25) is 0 Å². The van der Waals surface area contributed by atoms with Crippen LogP contribution in [0.25, 0.3) is 0 Å². The molecule has 0 unspecified atom stereocenters. The molecule has 8 heteroatoms. The zero-order valence-electron chi connectivity index (χ0n) is 18.8. The number of nitrogens with zero attached hydrogens (tertiary/aromatic N) is 4. The van der Waals surface area contributed by atoms with E-state index in [0.29, 0.717) is 23.6 Å². The van der Waals surface area contributed by atoms with Crippen LogP contribution in [0.1, 0.15) is 57.4 Å². The van der Waals surface area contributed by atoms with E-state index in [4.69, 9.17) is 22.2 Å². The Labute approximate surface area is 195 Å². The lowest BCUT2D eigenvalue weighted by Crippen LogP contribution is -2.38. The molecular formula is C24H33FN6S. The highest BCUT2D eigenvalue weighted by Gasteiger charge is 2.22. The highest BCUT2D eigenvalue weighted by Crippen LogP contribution is 2.28. The van der Waals surface area contributed by atoms with Crippen molar-refractivity contribution < 1.29 is 4.39 Å². The van der Waals surface area contributed by atoms with E-state index in [1.165, 1.54) is 57.1 Å². The van der Waals surface area contributed by atoms with Crippen LogP contribution in [0, 0.1) is 5.82 Å². The van der Waals surface area contributed by atoms with Gasteiger partial charge in [-0.2, -0.15) is 9.97 Å². The second kappa shape index (κ2) is 10.9. The van der Waals surface area contributed by atoms with E-state index in [-0.39, 0.29) is 5.82 Å². The van der Waals surface area contributed by atoms with E-state index in [9.17, 15) is 4.39 Å². The number of thiocarbonyl (C=S) groups is 1. The van der Waals surface area contributed by atoms with Crippen LogP contribution in [0.15, 0.2) is 30.3 Å². The van der Waals surface area contributed by atoms with Crippen molar-refractivity contribution in [3.63, 3.8) is 0 Å². The lowest BCUT2D eigenvalue weighted by molar-refractivity contribution is 0.481. The summed E-state index contributed by atoms with van der Waals surface area (Å²) in [6.45, 7) is 5.85. The maximum atomic E-state index is 13.1. The number of hydrogen-bond acceptors (Lipinski definition) is 5. The minimum absolute atomic E-state index is 0.243. The smallest absolute Gasteiger partial charge is 0.232 e. The van der Waals surface area contributed by atoms with E-state index in [0.717, 1.165) is 36.8 Å². The first-order valence-corrected chi connectivity index (χ1v) is 12.2. The van der Waals surface area contributed by atoms with Gasteiger partial charge >= 0.3 is 0 Å². The van der Waals surface area contributed by atoms with Crippen molar-refractivity contribution in [2.45, 2.75) is 64.5 Å². The molecule has 0 amide bonds. The number of anilines is 3. The van der Waals surface area contributed by atoms with Crippen LogP contribution >= 0.6 is 12.2 Å². The Morgan fingerprint density at radius 2 is 1.69 bits per heavy atom. The molecule has 172 valence electrons. The molecule has 2 aliphatic rings. The Balaban J connectivity index is 1.51. The summed E-state index contributed by atoms with van der Waals surface area (Å²) in [5.74, 6) is 2.22. The van der Waals surface area contributed by atoms with Crippen LogP contribution in [0.4, 0.5) is 22.0 Å². The average Bonchev–Trinajstić information content (AvgIpc) is 3.08. The fraction of sp³-hybridized carbons (Fsp3) is 0.542.